The Labute approximate surface area is 134 Å². The molecule has 0 saturated carbocycles. The van der Waals surface area contributed by atoms with Crippen molar-refractivity contribution in [2.45, 2.75) is 12.8 Å². The van der Waals surface area contributed by atoms with Gasteiger partial charge in [-0.05, 0) is 52.7 Å². The normalized spacial score (nSPS) is 14.5. The molecule has 3 rings (SSSR count). The van der Waals surface area contributed by atoms with Crippen LogP contribution in [0.15, 0.2) is 39.5 Å². The number of thiophene rings is 1. The zero-order chi connectivity index (χ0) is 14.8. The van der Waals surface area contributed by atoms with E-state index in [4.69, 9.17) is 0 Å². The highest BCUT2D eigenvalue weighted by Crippen LogP contribution is 2.24. The number of rotatable bonds is 3. The minimum Gasteiger partial charge on any atom is -0.322 e. The van der Waals surface area contributed by atoms with E-state index in [1.807, 2.05) is 24.3 Å². The van der Waals surface area contributed by atoms with Gasteiger partial charge in [0.2, 0.25) is 5.91 Å². The van der Waals surface area contributed by atoms with Gasteiger partial charge in [-0.25, -0.2) is 0 Å². The summed E-state index contributed by atoms with van der Waals surface area (Å²) in [5.74, 6) is 0.0249. The highest BCUT2D eigenvalue weighted by Gasteiger charge is 2.21. The van der Waals surface area contributed by atoms with Gasteiger partial charge < -0.3 is 10.2 Å². The lowest BCUT2D eigenvalue weighted by Gasteiger charge is -2.16. The molecule has 1 N–H and O–H groups in total. The molecule has 0 bridgehead atoms. The van der Waals surface area contributed by atoms with Crippen LogP contribution in [0.25, 0.3) is 0 Å². The lowest BCUT2D eigenvalue weighted by molar-refractivity contribution is -0.117. The molecule has 6 heteroatoms. The number of carbonyl (C=O) groups is 2. The smallest absolute Gasteiger partial charge is 0.256 e. The van der Waals surface area contributed by atoms with Gasteiger partial charge in [0.1, 0.15) is 0 Å². The molecule has 4 nitrogen and oxygen atoms in total. The molecule has 0 aliphatic carbocycles. The van der Waals surface area contributed by atoms with Crippen LogP contribution in [-0.2, 0) is 4.79 Å². The summed E-state index contributed by atoms with van der Waals surface area (Å²) in [5, 5.41) is 4.65. The maximum absolute atomic E-state index is 12.0. The van der Waals surface area contributed by atoms with Crippen molar-refractivity contribution < 1.29 is 9.59 Å². The molecule has 0 radical (unpaired) electrons. The second-order valence-electron chi connectivity index (χ2n) is 4.79. The van der Waals surface area contributed by atoms with Crippen molar-refractivity contribution in [3.05, 3.63) is 45.1 Å². The SMILES string of the molecule is O=C(Nc1ccc(N2CCCC2=O)cc1)c1csc(Br)c1. The van der Waals surface area contributed by atoms with Gasteiger partial charge in [0.15, 0.2) is 0 Å². The van der Waals surface area contributed by atoms with Crippen LogP contribution in [0, 0.1) is 0 Å². The third kappa shape index (κ3) is 3.16. The predicted molar refractivity (Wildman–Crippen MR) is 88.0 cm³/mol. The van der Waals surface area contributed by atoms with Crippen LogP contribution in [0.1, 0.15) is 23.2 Å². The fraction of sp³-hybridized carbons (Fsp3) is 0.200. The lowest BCUT2D eigenvalue weighted by Crippen LogP contribution is -2.23. The monoisotopic (exact) mass is 364 g/mol. The first-order chi connectivity index (χ1) is 10.1. The number of nitrogens with zero attached hydrogens (tertiary/aromatic N) is 1. The first-order valence-corrected chi connectivity index (χ1v) is 8.26. The van der Waals surface area contributed by atoms with E-state index in [0.29, 0.717) is 12.0 Å². The van der Waals surface area contributed by atoms with Crippen molar-refractivity contribution in [1.29, 1.82) is 0 Å². The summed E-state index contributed by atoms with van der Waals surface area (Å²) in [6, 6.07) is 9.16. The summed E-state index contributed by atoms with van der Waals surface area (Å²) in [6.45, 7) is 0.771. The maximum atomic E-state index is 12.0. The highest BCUT2D eigenvalue weighted by atomic mass is 79.9. The molecule has 1 saturated heterocycles. The Hall–Kier alpha value is -1.66. The molecule has 1 aliphatic rings. The zero-order valence-corrected chi connectivity index (χ0v) is 13.5. The minimum absolute atomic E-state index is 0.137. The number of amides is 2. The first kappa shape index (κ1) is 14.3. The average molecular weight is 365 g/mol. The van der Waals surface area contributed by atoms with E-state index in [1.54, 1.807) is 16.3 Å². The molecule has 0 unspecified atom stereocenters. The Morgan fingerprint density at radius 2 is 2.05 bits per heavy atom. The molecule has 21 heavy (non-hydrogen) atoms. The Bertz CT molecular complexity index is 681. The van der Waals surface area contributed by atoms with E-state index in [0.717, 1.165) is 28.1 Å². The quantitative estimate of drug-likeness (QED) is 0.897. The molecule has 1 aliphatic heterocycles. The van der Waals surface area contributed by atoms with Gasteiger partial charge >= 0.3 is 0 Å². The van der Waals surface area contributed by atoms with Crippen molar-refractivity contribution in [3.63, 3.8) is 0 Å². The van der Waals surface area contributed by atoms with Gasteiger partial charge in [0.05, 0.1) is 9.35 Å². The standard InChI is InChI=1S/C15H13BrN2O2S/c16-13-8-10(9-21-13)15(20)17-11-3-5-12(6-4-11)18-7-1-2-14(18)19/h3-6,8-9H,1-2,7H2,(H,17,20). The average Bonchev–Trinajstić information content (AvgIpc) is 3.08. The Morgan fingerprint density at radius 1 is 1.29 bits per heavy atom. The van der Waals surface area contributed by atoms with Crippen molar-refractivity contribution >= 4 is 50.5 Å². The number of anilines is 2. The van der Waals surface area contributed by atoms with Crippen molar-refractivity contribution in [2.24, 2.45) is 0 Å². The van der Waals surface area contributed by atoms with E-state index in [1.165, 1.54) is 11.3 Å². The molecule has 2 heterocycles. The fourth-order valence-electron chi connectivity index (χ4n) is 2.28. The molecular formula is C15H13BrN2O2S. The van der Waals surface area contributed by atoms with Crippen LogP contribution in [0.3, 0.4) is 0 Å². The molecule has 0 spiro atoms. The van der Waals surface area contributed by atoms with Crippen molar-refractivity contribution in [2.75, 3.05) is 16.8 Å². The first-order valence-electron chi connectivity index (χ1n) is 6.59. The number of carbonyl (C=O) groups excluding carboxylic acids is 2. The Balaban J connectivity index is 1.69. The molecule has 2 aromatic rings. The van der Waals surface area contributed by atoms with Crippen LogP contribution in [0.5, 0.6) is 0 Å². The largest absolute Gasteiger partial charge is 0.322 e. The summed E-state index contributed by atoms with van der Waals surface area (Å²) in [6.07, 6.45) is 1.52. The summed E-state index contributed by atoms with van der Waals surface area (Å²) in [5.41, 5.74) is 2.23. The fourth-order valence-corrected chi connectivity index (χ4v) is 3.41. The van der Waals surface area contributed by atoms with Crippen molar-refractivity contribution in [3.8, 4) is 0 Å². The van der Waals surface area contributed by atoms with Gasteiger partial charge in [-0.2, -0.15) is 0 Å². The highest BCUT2D eigenvalue weighted by molar-refractivity contribution is 9.11. The molecule has 1 fully saturated rings. The summed E-state index contributed by atoms with van der Waals surface area (Å²) in [4.78, 5) is 25.5. The van der Waals surface area contributed by atoms with E-state index in [2.05, 4.69) is 21.2 Å². The maximum Gasteiger partial charge on any atom is 0.256 e. The van der Waals surface area contributed by atoms with E-state index >= 15 is 0 Å². The molecule has 108 valence electrons. The minimum atomic E-state index is -0.137. The third-order valence-corrected chi connectivity index (χ3v) is 4.84. The van der Waals surface area contributed by atoms with Crippen LogP contribution < -0.4 is 10.2 Å². The van der Waals surface area contributed by atoms with Gasteiger partial charge in [-0.15, -0.1) is 11.3 Å². The van der Waals surface area contributed by atoms with Crippen molar-refractivity contribution in [1.82, 2.24) is 0 Å². The molecule has 1 aromatic carbocycles. The predicted octanol–water partition coefficient (Wildman–Crippen LogP) is 3.89. The Kier molecular flexibility index (Phi) is 4.07. The summed E-state index contributed by atoms with van der Waals surface area (Å²) < 4.78 is 0.926. The topological polar surface area (TPSA) is 49.4 Å². The van der Waals surface area contributed by atoms with Crippen LogP contribution in [-0.4, -0.2) is 18.4 Å². The number of halogens is 1. The molecule has 1 aromatic heterocycles. The van der Waals surface area contributed by atoms with E-state index < -0.39 is 0 Å². The zero-order valence-electron chi connectivity index (χ0n) is 11.1. The van der Waals surface area contributed by atoms with Gasteiger partial charge in [0.25, 0.3) is 5.91 Å². The molecular weight excluding hydrogens is 352 g/mol. The Morgan fingerprint density at radius 3 is 2.62 bits per heavy atom. The van der Waals surface area contributed by atoms with Crippen LogP contribution in [0.4, 0.5) is 11.4 Å². The number of nitrogens with one attached hydrogen (secondary N) is 1. The number of hydrogen-bond acceptors (Lipinski definition) is 3. The number of hydrogen-bond donors (Lipinski definition) is 1. The van der Waals surface area contributed by atoms with Gasteiger partial charge in [0, 0.05) is 29.7 Å². The molecule has 2 amide bonds. The van der Waals surface area contributed by atoms with Crippen LogP contribution >= 0.6 is 27.3 Å². The van der Waals surface area contributed by atoms with E-state index in [-0.39, 0.29) is 11.8 Å². The van der Waals surface area contributed by atoms with Crippen LogP contribution in [0.2, 0.25) is 0 Å². The third-order valence-electron chi connectivity index (χ3n) is 3.34. The summed E-state index contributed by atoms with van der Waals surface area (Å²) in [7, 11) is 0. The second kappa shape index (κ2) is 5.99. The van der Waals surface area contributed by atoms with E-state index in [9.17, 15) is 9.59 Å². The van der Waals surface area contributed by atoms with Gasteiger partial charge in [-0.1, -0.05) is 0 Å². The number of benzene rings is 1. The second-order valence-corrected chi connectivity index (χ2v) is 7.08. The lowest BCUT2D eigenvalue weighted by atomic mass is 10.2. The van der Waals surface area contributed by atoms with Gasteiger partial charge in [-0.3, -0.25) is 9.59 Å². The molecule has 0 atom stereocenters. The summed E-state index contributed by atoms with van der Waals surface area (Å²) >= 11 is 4.81.